The van der Waals surface area contributed by atoms with Crippen molar-refractivity contribution in [2.75, 3.05) is 5.32 Å². The Hall–Kier alpha value is -1.12. The minimum Gasteiger partial charge on any atom is -0.366 e. The fraction of sp³-hybridized carbons (Fsp3) is 0.600. The molecule has 13 heavy (non-hydrogen) atoms. The lowest BCUT2D eigenvalue weighted by atomic mass is 10.2. The van der Waals surface area contributed by atoms with Crippen LogP contribution in [0.5, 0.6) is 0 Å². The molecule has 1 heterocycles. The smallest absolute Gasteiger partial charge is 0.148 e. The van der Waals surface area contributed by atoms with Gasteiger partial charge in [0.2, 0.25) is 0 Å². The summed E-state index contributed by atoms with van der Waals surface area (Å²) in [6.07, 6.45) is 5.24. The summed E-state index contributed by atoms with van der Waals surface area (Å²) >= 11 is 0. The molecular weight excluding hydrogens is 162 g/mol. The summed E-state index contributed by atoms with van der Waals surface area (Å²) in [5, 5.41) is 11.5. The van der Waals surface area contributed by atoms with Crippen molar-refractivity contribution in [3.8, 4) is 0 Å². The van der Waals surface area contributed by atoms with Crippen LogP contribution < -0.4 is 5.32 Å². The zero-order valence-corrected chi connectivity index (χ0v) is 7.95. The number of nitrogens with zero attached hydrogens (tertiary/aromatic N) is 2. The van der Waals surface area contributed by atoms with Gasteiger partial charge in [-0.05, 0) is 31.9 Å². The van der Waals surface area contributed by atoms with Crippen LogP contribution in [0.15, 0.2) is 12.1 Å². The predicted molar refractivity (Wildman–Crippen MR) is 52.6 cm³/mol. The van der Waals surface area contributed by atoms with Gasteiger partial charge in [0.05, 0.1) is 5.69 Å². The van der Waals surface area contributed by atoms with Crippen molar-refractivity contribution in [3.63, 3.8) is 0 Å². The van der Waals surface area contributed by atoms with E-state index in [9.17, 15) is 0 Å². The highest BCUT2D eigenvalue weighted by atomic mass is 15.2. The van der Waals surface area contributed by atoms with E-state index in [4.69, 9.17) is 0 Å². The Morgan fingerprint density at radius 1 is 1.23 bits per heavy atom. The molecule has 1 aromatic heterocycles. The van der Waals surface area contributed by atoms with Gasteiger partial charge in [0.25, 0.3) is 0 Å². The van der Waals surface area contributed by atoms with Crippen molar-refractivity contribution in [3.05, 3.63) is 17.8 Å². The monoisotopic (exact) mass is 177 g/mol. The molecule has 0 bridgehead atoms. The molecule has 1 aliphatic rings. The van der Waals surface area contributed by atoms with Gasteiger partial charge in [-0.25, -0.2) is 0 Å². The van der Waals surface area contributed by atoms with Crippen molar-refractivity contribution in [1.82, 2.24) is 10.2 Å². The topological polar surface area (TPSA) is 37.8 Å². The minimum absolute atomic E-state index is 0.622. The highest BCUT2D eigenvalue weighted by Gasteiger charge is 2.14. The van der Waals surface area contributed by atoms with E-state index in [1.165, 1.54) is 25.7 Å². The first kappa shape index (κ1) is 8.48. The third-order valence-corrected chi connectivity index (χ3v) is 2.51. The first-order valence-corrected chi connectivity index (χ1v) is 4.91. The molecule has 0 atom stereocenters. The van der Waals surface area contributed by atoms with E-state index in [1.54, 1.807) is 0 Å². The van der Waals surface area contributed by atoms with E-state index in [-0.39, 0.29) is 0 Å². The molecule has 0 unspecified atom stereocenters. The summed E-state index contributed by atoms with van der Waals surface area (Å²) in [5.74, 6) is 0.914. The van der Waals surface area contributed by atoms with Gasteiger partial charge in [-0.1, -0.05) is 12.8 Å². The maximum atomic E-state index is 4.08. The van der Waals surface area contributed by atoms with Gasteiger partial charge in [0.15, 0.2) is 0 Å². The number of aromatic nitrogens is 2. The number of aryl methyl sites for hydroxylation is 1. The van der Waals surface area contributed by atoms with Crippen LogP contribution in [0.1, 0.15) is 31.4 Å². The number of nitrogens with one attached hydrogen (secondary N) is 1. The lowest BCUT2D eigenvalue weighted by Crippen LogP contribution is -2.15. The quantitative estimate of drug-likeness (QED) is 0.752. The molecule has 1 N–H and O–H groups in total. The third kappa shape index (κ3) is 2.17. The second-order valence-corrected chi connectivity index (χ2v) is 3.69. The molecule has 1 saturated carbocycles. The maximum absolute atomic E-state index is 4.08. The SMILES string of the molecule is Cc1ccc(NC2CCCC2)nn1. The second kappa shape index (κ2) is 3.73. The molecule has 1 fully saturated rings. The summed E-state index contributed by atoms with van der Waals surface area (Å²) in [6.45, 7) is 1.95. The lowest BCUT2D eigenvalue weighted by molar-refractivity contribution is 0.745. The molecule has 0 spiro atoms. The molecule has 0 amide bonds. The van der Waals surface area contributed by atoms with Gasteiger partial charge < -0.3 is 5.32 Å². The van der Waals surface area contributed by atoms with E-state index in [0.29, 0.717) is 6.04 Å². The van der Waals surface area contributed by atoms with Gasteiger partial charge >= 0.3 is 0 Å². The molecule has 3 nitrogen and oxygen atoms in total. The molecule has 0 aromatic carbocycles. The molecule has 2 rings (SSSR count). The largest absolute Gasteiger partial charge is 0.366 e. The highest BCUT2D eigenvalue weighted by Crippen LogP contribution is 2.20. The summed E-state index contributed by atoms with van der Waals surface area (Å²) < 4.78 is 0. The number of anilines is 1. The summed E-state index contributed by atoms with van der Waals surface area (Å²) in [4.78, 5) is 0. The normalized spacial score (nSPS) is 17.6. The summed E-state index contributed by atoms with van der Waals surface area (Å²) in [6, 6.07) is 4.61. The Bertz CT molecular complexity index is 262. The first-order chi connectivity index (χ1) is 6.34. The second-order valence-electron chi connectivity index (χ2n) is 3.69. The van der Waals surface area contributed by atoms with E-state index in [0.717, 1.165) is 11.5 Å². The Labute approximate surface area is 78.6 Å². The van der Waals surface area contributed by atoms with Crippen LogP contribution in [0.3, 0.4) is 0 Å². The van der Waals surface area contributed by atoms with Crippen LogP contribution in [0.25, 0.3) is 0 Å². The van der Waals surface area contributed by atoms with Crippen LogP contribution >= 0.6 is 0 Å². The Balaban J connectivity index is 1.97. The minimum atomic E-state index is 0.622. The van der Waals surface area contributed by atoms with Crippen LogP contribution in [-0.2, 0) is 0 Å². The summed E-state index contributed by atoms with van der Waals surface area (Å²) in [7, 11) is 0. The molecule has 70 valence electrons. The highest BCUT2D eigenvalue weighted by molar-refractivity contribution is 5.34. The zero-order chi connectivity index (χ0) is 9.10. The number of hydrogen-bond acceptors (Lipinski definition) is 3. The average molecular weight is 177 g/mol. The van der Waals surface area contributed by atoms with Gasteiger partial charge in [0, 0.05) is 6.04 Å². The van der Waals surface area contributed by atoms with Crippen LogP contribution in [-0.4, -0.2) is 16.2 Å². The molecule has 0 saturated heterocycles. The van der Waals surface area contributed by atoms with Crippen LogP contribution in [0, 0.1) is 6.92 Å². The molecular formula is C10H15N3. The van der Waals surface area contributed by atoms with Crippen LogP contribution in [0.2, 0.25) is 0 Å². The zero-order valence-electron chi connectivity index (χ0n) is 7.95. The fourth-order valence-corrected chi connectivity index (χ4v) is 1.76. The Kier molecular flexibility index (Phi) is 2.43. The Morgan fingerprint density at radius 3 is 2.62 bits per heavy atom. The van der Waals surface area contributed by atoms with Crippen molar-refractivity contribution in [1.29, 1.82) is 0 Å². The van der Waals surface area contributed by atoms with Gasteiger partial charge in [-0.3, -0.25) is 0 Å². The van der Waals surface area contributed by atoms with Gasteiger partial charge in [0.1, 0.15) is 5.82 Å². The van der Waals surface area contributed by atoms with E-state index >= 15 is 0 Å². The van der Waals surface area contributed by atoms with Crippen LogP contribution in [0.4, 0.5) is 5.82 Å². The van der Waals surface area contributed by atoms with E-state index in [2.05, 4.69) is 15.5 Å². The molecule has 0 radical (unpaired) electrons. The van der Waals surface area contributed by atoms with E-state index in [1.807, 2.05) is 19.1 Å². The first-order valence-electron chi connectivity index (χ1n) is 4.91. The third-order valence-electron chi connectivity index (χ3n) is 2.51. The standard InChI is InChI=1S/C10H15N3/c1-8-6-7-10(13-12-8)11-9-4-2-3-5-9/h6-7,9H,2-5H2,1H3,(H,11,13). The molecule has 0 aliphatic heterocycles. The van der Waals surface area contributed by atoms with Crippen molar-refractivity contribution >= 4 is 5.82 Å². The van der Waals surface area contributed by atoms with Gasteiger partial charge in [-0.15, -0.1) is 5.10 Å². The van der Waals surface area contributed by atoms with E-state index < -0.39 is 0 Å². The Morgan fingerprint density at radius 2 is 2.00 bits per heavy atom. The van der Waals surface area contributed by atoms with Crippen molar-refractivity contribution in [2.24, 2.45) is 0 Å². The molecule has 3 heteroatoms. The molecule has 1 aromatic rings. The average Bonchev–Trinajstić information content (AvgIpc) is 2.62. The van der Waals surface area contributed by atoms with Gasteiger partial charge in [-0.2, -0.15) is 5.10 Å². The predicted octanol–water partition coefficient (Wildman–Crippen LogP) is 2.14. The summed E-state index contributed by atoms with van der Waals surface area (Å²) in [5.41, 5.74) is 0.969. The van der Waals surface area contributed by atoms with Crippen molar-refractivity contribution in [2.45, 2.75) is 38.6 Å². The molecule has 1 aliphatic carbocycles. The number of hydrogen-bond donors (Lipinski definition) is 1. The fourth-order valence-electron chi connectivity index (χ4n) is 1.76. The van der Waals surface area contributed by atoms with Crippen molar-refractivity contribution < 1.29 is 0 Å². The lowest BCUT2D eigenvalue weighted by Gasteiger charge is -2.11. The number of rotatable bonds is 2. The maximum Gasteiger partial charge on any atom is 0.148 e.